The number of aliphatic hydroxyl groups excluding tert-OH is 1. The molecule has 0 radical (unpaired) electrons. The quantitative estimate of drug-likeness (QED) is 0.728. The minimum Gasteiger partial charge on any atom is -0.387 e. The molecule has 2 aromatic heterocycles. The molecule has 1 aromatic carbocycles. The third-order valence-electron chi connectivity index (χ3n) is 4.63. The Morgan fingerprint density at radius 1 is 1.35 bits per heavy atom. The van der Waals surface area contributed by atoms with Crippen molar-refractivity contribution in [2.24, 2.45) is 0 Å². The van der Waals surface area contributed by atoms with Gasteiger partial charge in [0.2, 0.25) is 5.76 Å². The molecule has 1 aliphatic carbocycles. The molecule has 0 spiro atoms. The fourth-order valence-corrected chi connectivity index (χ4v) is 3.12. The predicted molar refractivity (Wildman–Crippen MR) is 92.1 cm³/mol. The minimum absolute atomic E-state index is 0.0313. The first-order valence-electron chi connectivity index (χ1n) is 8.53. The standard InChI is InChI=1S/C18H19N5O3/c1-11(24)16-10-19-22-23(16)14-7-13(8-14)20-18(25)17-9-15(21-26-17)12-5-3-2-4-6-12/h2-6,9-11,13-14,24H,7-8H2,1H3,(H,20,25). The lowest BCUT2D eigenvalue weighted by molar-refractivity contribution is 0.0842. The number of benzene rings is 1. The Hall–Kier alpha value is -3.00. The van der Waals surface area contributed by atoms with Gasteiger partial charge in [-0.25, -0.2) is 4.68 Å². The molecule has 1 atom stereocenters. The van der Waals surface area contributed by atoms with Gasteiger partial charge >= 0.3 is 0 Å². The van der Waals surface area contributed by atoms with Crippen LogP contribution in [-0.2, 0) is 0 Å². The van der Waals surface area contributed by atoms with Gasteiger partial charge in [0.05, 0.1) is 24.0 Å². The summed E-state index contributed by atoms with van der Waals surface area (Å²) in [5, 5.41) is 24.5. The topological polar surface area (TPSA) is 106 Å². The van der Waals surface area contributed by atoms with E-state index in [2.05, 4.69) is 20.8 Å². The van der Waals surface area contributed by atoms with Gasteiger partial charge in [0.1, 0.15) is 5.69 Å². The molecule has 3 aromatic rings. The van der Waals surface area contributed by atoms with Crippen LogP contribution in [0.1, 0.15) is 48.2 Å². The van der Waals surface area contributed by atoms with E-state index in [1.807, 2.05) is 30.3 Å². The number of hydrogen-bond donors (Lipinski definition) is 2. The van der Waals surface area contributed by atoms with Gasteiger partial charge in [-0.3, -0.25) is 4.79 Å². The number of nitrogens with one attached hydrogen (secondary N) is 1. The molecule has 134 valence electrons. The largest absolute Gasteiger partial charge is 0.387 e. The van der Waals surface area contributed by atoms with E-state index in [9.17, 15) is 9.90 Å². The number of nitrogens with zero attached hydrogens (tertiary/aromatic N) is 4. The number of carbonyl (C=O) groups is 1. The molecule has 2 heterocycles. The second-order valence-corrected chi connectivity index (χ2v) is 6.52. The van der Waals surface area contributed by atoms with Crippen molar-refractivity contribution < 1.29 is 14.4 Å². The minimum atomic E-state index is -0.621. The summed E-state index contributed by atoms with van der Waals surface area (Å²) in [4.78, 5) is 12.3. The van der Waals surface area contributed by atoms with Crippen LogP contribution in [0.15, 0.2) is 47.1 Å². The zero-order valence-corrected chi connectivity index (χ0v) is 14.2. The molecule has 1 fully saturated rings. The Morgan fingerprint density at radius 3 is 2.85 bits per heavy atom. The summed E-state index contributed by atoms with van der Waals surface area (Å²) in [6.45, 7) is 1.68. The van der Waals surface area contributed by atoms with Crippen molar-refractivity contribution in [3.05, 3.63) is 54.0 Å². The number of amides is 1. The summed E-state index contributed by atoms with van der Waals surface area (Å²) < 4.78 is 6.91. The van der Waals surface area contributed by atoms with Crippen LogP contribution in [0.3, 0.4) is 0 Å². The molecular weight excluding hydrogens is 334 g/mol. The molecule has 8 nitrogen and oxygen atoms in total. The average Bonchev–Trinajstić information content (AvgIpc) is 3.27. The van der Waals surface area contributed by atoms with Crippen LogP contribution in [0, 0.1) is 0 Å². The van der Waals surface area contributed by atoms with Gasteiger partial charge in [0.15, 0.2) is 0 Å². The zero-order valence-electron chi connectivity index (χ0n) is 14.2. The maximum Gasteiger partial charge on any atom is 0.290 e. The number of hydrogen-bond acceptors (Lipinski definition) is 6. The monoisotopic (exact) mass is 353 g/mol. The summed E-state index contributed by atoms with van der Waals surface area (Å²) in [5.41, 5.74) is 2.21. The molecular formula is C18H19N5O3. The van der Waals surface area contributed by atoms with Crippen LogP contribution in [-0.4, -0.2) is 37.2 Å². The van der Waals surface area contributed by atoms with Gasteiger partial charge in [-0.2, -0.15) is 0 Å². The molecule has 8 heteroatoms. The molecule has 0 aliphatic heterocycles. The van der Waals surface area contributed by atoms with Gasteiger partial charge in [-0.15, -0.1) is 5.10 Å². The van der Waals surface area contributed by atoms with E-state index in [0.717, 1.165) is 18.4 Å². The fraction of sp³-hybridized carbons (Fsp3) is 0.333. The summed E-state index contributed by atoms with van der Waals surface area (Å²) in [5.74, 6) is -0.0878. The van der Waals surface area contributed by atoms with Gasteiger partial charge in [0, 0.05) is 17.7 Å². The number of aromatic nitrogens is 4. The molecule has 1 amide bonds. The van der Waals surface area contributed by atoms with E-state index in [-0.39, 0.29) is 23.8 Å². The average molecular weight is 353 g/mol. The lowest BCUT2D eigenvalue weighted by Gasteiger charge is -2.36. The van der Waals surface area contributed by atoms with Crippen LogP contribution in [0.4, 0.5) is 0 Å². The van der Waals surface area contributed by atoms with Crippen LogP contribution >= 0.6 is 0 Å². The Balaban J connectivity index is 1.36. The summed E-state index contributed by atoms with van der Waals surface area (Å²) in [7, 11) is 0. The maximum absolute atomic E-state index is 12.3. The number of aliphatic hydroxyl groups is 1. The molecule has 0 saturated heterocycles. The van der Waals surface area contributed by atoms with E-state index in [1.165, 1.54) is 0 Å². The summed E-state index contributed by atoms with van der Waals surface area (Å²) >= 11 is 0. The molecule has 1 unspecified atom stereocenters. The second kappa shape index (κ2) is 6.72. The highest BCUT2D eigenvalue weighted by atomic mass is 16.5. The molecule has 2 N–H and O–H groups in total. The van der Waals surface area contributed by atoms with Crippen molar-refractivity contribution in [3.63, 3.8) is 0 Å². The first-order chi connectivity index (χ1) is 12.6. The highest BCUT2D eigenvalue weighted by Crippen LogP contribution is 2.33. The van der Waals surface area contributed by atoms with Gasteiger partial charge in [-0.05, 0) is 19.8 Å². The van der Waals surface area contributed by atoms with E-state index >= 15 is 0 Å². The number of carbonyl (C=O) groups excluding carboxylic acids is 1. The van der Waals surface area contributed by atoms with Crippen molar-refractivity contribution in [1.82, 2.24) is 25.5 Å². The molecule has 4 rings (SSSR count). The van der Waals surface area contributed by atoms with E-state index in [4.69, 9.17) is 4.52 Å². The van der Waals surface area contributed by atoms with Crippen LogP contribution in [0.25, 0.3) is 11.3 Å². The van der Waals surface area contributed by atoms with E-state index in [1.54, 1.807) is 23.9 Å². The first-order valence-corrected chi connectivity index (χ1v) is 8.53. The number of rotatable bonds is 5. The molecule has 1 saturated carbocycles. The maximum atomic E-state index is 12.3. The van der Waals surface area contributed by atoms with Crippen LogP contribution < -0.4 is 5.32 Å². The van der Waals surface area contributed by atoms with Crippen molar-refractivity contribution in [2.45, 2.75) is 38.0 Å². The third-order valence-corrected chi connectivity index (χ3v) is 4.63. The Morgan fingerprint density at radius 2 is 2.12 bits per heavy atom. The van der Waals surface area contributed by atoms with E-state index in [0.29, 0.717) is 11.4 Å². The zero-order chi connectivity index (χ0) is 18.1. The molecule has 1 aliphatic rings. The van der Waals surface area contributed by atoms with Gasteiger partial charge in [0.25, 0.3) is 5.91 Å². The van der Waals surface area contributed by atoms with Crippen LogP contribution in [0.2, 0.25) is 0 Å². The SMILES string of the molecule is CC(O)c1cnnn1C1CC(NC(=O)c2cc(-c3ccccc3)no2)C1. The van der Waals surface area contributed by atoms with Crippen molar-refractivity contribution >= 4 is 5.91 Å². The smallest absolute Gasteiger partial charge is 0.290 e. The second-order valence-electron chi connectivity index (χ2n) is 6.52. The normalized spacial score (nSPS) is 20.4. The highest BCUT2D eigenvalue weighted by Gasteiger charge is 2.34. The Kier molecular flexibility index (Phi) is 4.26. The Bertz CT molecular complexity index is 896. The third kappa shape index (κ3) is 3.11. The van der Waals surface area contributed by atoms with Gasteiger partial charge < -0.3 is 14.9 Å². The Labute approximate surface area is 149 Å². The molecule has 0 bridgehead atoms. The summed E-state index contributed by atoms with van der Waals surface area (Å²) in [6.07, 6.45) is 2.41. The predicted octanol–water partition coefficient (Wildman–Crippen LogP) is 2.12. The van der Waals surface area contributed by atoms with Crippen LogP contribution in [0.5, 0.6) is 0 Å². The highest BCUT2D eigenvalue weighted by molar-refractivity contribution is 5.92. The van der Waals surface area contributed by atoms with Crippen molar-refractivity contribution in [3.8, 4) is 11.3 Å². The summed E-state index contributed by atoms with van der Waals surface area (Å²) in [6, 6.07) is 11.4. The van der Waals surface area contributed by atoms with E-state index < -0.39 is 6.10 Å². The van der Waals surface area contributed by atoms with Crippen molar-refractivity contribution in [1.29, 1.82) is 0 Å². The van der Waals surface area contributed by atoms with Gasteiger partial charge in [-0.1, -0.05) is 40.7 Å². The lowest BCUT2D eigenvalue weighted by atomic mass is 9.86. The fourth-order valence-electron chi connectivity index (χ4n) is 3.12. The first kappa shape index (κ1) is 16.5. The lowest BCUT2D eigenvalue weighted by Crippen LogP contribution is -2.45. The molecule has 26 heavy (non-hydrogen) atoms. The van der Waals surface area contributed by atoms with Crippen molar-refractivity contribution in [2.75, 3.05) is 0 Å².